The first-order valence-corrected chi connectivity index (χ1v) is 6.74. The van der Waals surface area contributed by atoms with E-state index in [-0.39, 0.29) is 30.8 Å². The van der Waals surface area contributed by atoms with Crippen molar-refractivity contribution >= 4 is 11.8 Å². The monoisotopic (exact) mass is 254 g/mol. The Balaban J connectivity index is 1.93. The summed E-state index contributed by atoms with van der Waals surface area (Å²) in [6, 6.07) is 0. The fourth-order valence-corrected chi connectivity index (χ4v) is 2.79. The lowest BCUT2D eigenvalue weighted by atomic mass is 9.77. The van der Waals surface area contributed by atoms with Crippen LogP contribution in [0.4, 0.5) is 0 Å². The van der Waals surface area contributed by atoms with Gasteiger partial charge in [-0.25, -0.2) is 0 Å². The molecule has 102 valence electrons. The van der Waals surface area contributed by atoms with Gasteiger partial charge >= 0.3 is 0 Å². The van der Waals surface area contributed by atoms with Gasteiger partial charge in [0.05, 0.1) is 18.1 Å². The molecule has 5 heteroatoms. The largest absolute Gasteiger partial charge is 0.394 e. The number of aliphatic hydroxyl groups is 1. The summed E-state index contributed by atoms with van der Waals surface area (Å²) >= 11 is 0. The minimum absolute atomic E-state index is 0.0143. The summed E-state index contributed by atoms with van der Waals surface area (Å²) < 4.78 is 0. The fourth-order valence-electron chi connectivity index (χ4n) is 2.79. The summed E-state index contributed by atoms with van der Waals surface area (Å²) in [6.07, 6.45) is 3.98. The predicted octanol–water partition coefficient (Wildman–Crippen LogP) is 0.180. The summed E-state index contributed by atoms with van der Waals surface area (Å²) in [7, 11) is 0. The third kappa shape index (κ3) is 2.83. The Hall–Kier alpha value is -1.10. The molecule has 0 aromatic carbocycles. The molecule has 5 nitrogen and oxygen atoms in total. The minimum atomic E-state index is -0.463. The second-order valence-corrected chi connectivity index (χ2v) is 5.82. The summed E-state index contributed by atoms with van der Waals surface area (Å²) in [4.78, 5) is 23.2. The van der Waals surface area contributed by atoms with E-state index in [1.54, 1.807) is 0 Å². The van der Waals surface area contributed by atoms with E-state index < -0.39 is 5.54 Å². The van der Waals surface area contributed by atoms with Crippen LogP contribution in [0.2, 0.25) is 0 Å². The number of hydrogen-bond acceptors (Lipinski definition) is 3. The highest BCUT2D eigenvalue weighted by Gasteiger charge is 2.38. The molecule has 1 heterocycles. The van der Waals surface area contributed by atoms with E-state index in [1.165, 1.54) is 0 Å². The lowest BCUT2D eigenvalue weighted by molar-refractivity contribution is -0.129. The topological polar surface area (TPSA) is 78.4 Å². The molecule has 1 aliphatic heterocycles. The fraction of sp³-hybridized carbons (Fsp3) is 0.846. The van der Waals surface area contributed by atoms with E-state index >= 15 is 0 Å². The molecule has 1 unspecified atom stereocenters. The van der Waals surface area contributed by atoms with Gasteiger partial charge in [-0.05, 0) is 31.6 Å². The molecule has 1 atom stereocenters. The number of carbonyl (C=O) groups excluding carboxylic acids is 2. The molecule has 0 spiro atoms. The molecule has 0 aromatic heterocycles. The van der Waals surface area contributed by atoms with Crippen LogP contribution in [0.5, 0.6) is 0 Å². The second kappa shape index (κ2) is 5.26. The molecule has 2 rings (SSSR count). The molecule has 18 heavy (non-hydrogen) atoms. The lowest BCUT2D eigenvalue weighted by Crippen LogP contribution is -2.55. The average Bonchev–Trinajstić information content (AvgIpc) is 2.79. The number of rotatable bonds is 3. The summed E-state index contributed by atoms with van der Waals surface area (Å²) in [5, 5.41) is 15.2. The maximum atomic E-state index is 12.1. The average molecular weight is 254 g/mol. The molecular weight excluding hydrogens is 232 g/mol. The number of hydrogen-bond donors (Lipinski definition) is 3. The van der Waals surface area contributed by atoms with E-state index in [0.717, 1.165) is 25.7 Å². The van der Waals surface area contributed by atoms with Gasteiger partial charge in [0.25, 0.3) is 0 Å². The van der Waals surface area contributed by atoms with Gasteiger partial charge in [-0.1, -0.05) is 6.92 Å². The number of nitrogens with one attached hydrogen (secondary N) is 2. The molecular formula is C13H22N2O3. The van der Waals surface area contributed by atoms with Gasteiger partial charge in [-0.15, -0.1) is 0 Å². The second-order valence-electron chi connectivity index (χ2n) is 5.82. The molecule has 2 aliphatic rings. The van der Waals surface area contributed by atoms with Crippen molar-refractivity contribution in [3.05, 3.63) is 0 Å². The Labute approximate surface area is 107 Å². The van der Waals surface area contributed by atoms with Gasteiger partial charge in [-0.3, -0.25) is 9.59 Å². The van der Waals surface area contributed by atoms with E-state index in [0.29, 0.717) is 12.5 Å². The van der Waals surface area contributed by atoms with Crippen LogP contribution in [0, 0.1) is 11.8 Å². The summed E-state index contributed by atoms with van der Waals surface area (Å²) in [6.45, 7) is 2.60. The van der Waals surface area contributed by atoms with Gasteiger partial charge in [0.1, 0.15) is 0 Å². The van der Waals surface area contributed by atoms with Gasteiger partial charge in [0.15, 0.2) is 0 Å². The van der Waals surface area contributed by atoms with Crippen molar-refractivity contribution in [2.24, 2.45) is 11.8 Å². The molecule has 0 bridgehead atoms. The molecule has 0 radical (unpaired) electrons. The van der Waals surface area contributed by atoms with E-state index in [2.05, 4.69) is 17.6 Å². The van der Waals surface area contributed by atoms with Crippen molar-refractivity contribution in [3.63, 3.8) is 0 Å². The Morgan fingerprint density at radius 1 is 1.50 bits per heavy atom. The van der Waals surface area contributed by atoms with Crippen LogP contribution < -0.4 is 10.6 Å². The van der Waals surface area contributed by atoms with Crippen LogP contribution in [-0.4, -0.2) is 35.6 Å². The standard InChI is InChI=1S/C13H22N2O3/c1-9-2-4-13(8-16,5-3-9)15-12(18)10-6-11(17)14-7-10/h9-10,16H,2-8H2,1H3,(H,14,17)(H,15,18). The highest BCUT2D eigenvalue weighted by Crippen LogP contribution is 2.32. The van der Waals surface area contributed by atoms with Crippen molar-refractivity contribution in [1.29, 1.82) is 0 Å². The lowest BCUT2D eigenvalue weighted by Gasteiger charge is -2.39. The van der Waals surface area contributed by atoms with Gasteiger partial charge in [0.2, 0.25) is 11.8 Å². The zero-order valence-electron chi connectivity index (χ0n) is 10.9. The smallest absolute Gasteiger partial charge is 0.225 e. The van der Waals surface area contributed by atoms with Crippen LogP contribution in [0.1, 0.15) is 39.0 Å². The molecule has 3 N–H and O–H groups in total. The highest BCUT2D eigenvalue weighted by atomic mass is 16.3. The van der Waals surface area contributed by atoms with Gasteiger partial charge in [-0.2, -0.15) is 0 Å². The molecule has 1 aliphatic carbocycles. The third-order valence-corrected chi connectivity index (χ3v) is 4.27. The first-order chi connectivity index (χ1) is 8.54. The number of aliphatic hydroxyl groups excluding tert-OH is 1. The zero-order valence-corrected chi connectivity index (χ0v) is 10.9. The first-order valence-electron chi connectivity index (χ1n) is 6.74. The maximum absolute atomic E-state index is 12.1. The number of amides is 2. The zero-order chi connectivity index (χ0) is 13.2. The molecule has 1 saturated carbocycles. The quantitative estimate of drug-likeness (QED) is 0.672. The molecule has 0 aromatic rings. The molecule has 2 amide bonds. The van der Waals surface area contributed by atoms with Crippen molar-refractivity contribution in [2.45, 2.75) is 44.6 Å². The Bertz CT molecular complexity index is 335. The highest BCUT2D eigenvalue weighted by molar-refractivity contribution is 5.89. The van der Waals surface area contributed by atoms with Crippen molar-refractivity contribution in [3.8, 4) is 0 Å². The SMILES string of the molecule is CC1CCC(CO)(NC(=O)C2CNC(=O)C2)CC1. The van der Waals surface area contributed by atoms with Crippen LogP contribution >= 0.6 is 0 Å². The normalized spacial score (nSPS) is 36.2. The molecule has 1 saturated heterocycles. The predicted molar refractivity (Wildman–Crippen MR) is 66.7 cm³/mol. The van der Waals surface area contributed by atoms with Crippen molar-refractivity contribution in [1.82, 2.24) is 10.6 Å². The van der Waals surface area contributed by atoms with Crippen LogP contribution in [0.3, 0.4) is 0 Å². The Morgan fingerprint density at radius 2 is 2.17 bits per heavy atom. The Morgan fingerprint density at radius 3 is 2.67 bits per heavy atom. The van der Waals surface area contributed by atoms with Crippen LogP contribution in [0.25, 0.3) is 0 Å². The summed E-state index contributed by atoms with van der Waals surface area (Å²) in [5.74, 6) is 0.221. The van der Waals surface area contributed by atoms with E-state index in [1.807, 2.05) is 0 Å². The van der Waals surface area contributed by atoms with Gasteiger partial charge < -0.3 is 15.7 Å². The minimum Gasteiger partial charge on any atom is -0.394 e. The van der Waals surface area contributed by atoms with Crippen LogP contribution in [0.15, 0.2) is 0 Å². The first kappa shape index (κ1) is 13.3. The van der Waals surface area contributed by atoms with Crippen molar-refractivity contribution < 1.29 is 14.7 Å². The number of carbonyl (C=O) groups is 2. The molecule has 2 fully saturated rings. The Kier molecular flexibility index (Phi) is 3.90. The summed E-state index contributed by atoms with van der Waals surface area (Å²) in [5.41, 5.74) is -0.463. The van der Waals surface area contributed by atoms with Crippen molar-refractivity contribution in [2.75, 3.05) is 13.2 Å². The van der Waals surface area contributed by atoms with E-state index in [4.69, 9.17) is 0 Å². The van der Waals surface area contributed by atoms with Crippen LogP contribution in [-0.2, 0) is 9.59 Å². The maximum Gasteiger partial charge on any atom is 0.225 e. The third-order valence-electron chi connectivity index (χ3n) is 4.27. The van der Waals surface area contributed by atoms with Gasteiger partial charge in [0, 0.05) is 13.0 Å². The van der Waals surface area contributed by atoms with E-state index in [9.17, 15) is 14.7 Å².